The van der Waals surface area contributed by atoms with Crippen LogP contribution in [0.25, 0.3) is 0 Å². The molecule has 0 amide bonds. The second-order valence-corrected chi connectivity index (χ2v) is 6.86. The van der Waals surface area contributed by atoms with Crippen molar-refractivity contribution in [2.45, 2.75) is 77.2 Å². The molecule has 0 unspecified atom stereocenters. The molecule has 0 aliphatic rings. The van der Waals surface area contributed by atoms with Crippen LogP contribution in [0, 0.1) is 0 Å². The molecule has 0 fully saturated rings. The fraction of sp³-hybridized carbons (Fsp3) is 0.714. The van der Waals surface area contributed by atoms with E-state index in [0.717, 1.165) is 32.6 Å². The van der Waals surface area contributed by atoms with Gasteiger partial charge in [-0.1, -0.05) is 62.8 Å². The van der Waals surface area contributed by atoms with Crippen LogP contribution < -0.4 is 16.8 Å². The fourth-order valence-electron chi connectivity index (χ4n) is 3.06. The lowest BCUT2D eigenvalue weighted by Gasteiger charge is -2.07. The van der Waals surface area contributed by atoms with E-state index in [4.69, 9.17) is 11.5 Å². The molecule has 1 aromatic rings. The lowest BCUT2D eigenvalue weighted by molar-refractivity contribution is 0.589. The lowest BCUT2D eigenvalue weighted by atomic mass is 10.0. The second-order valence-electron chi connectivity index (χ2n) is 6.86. The lowest BCUT2D eigenvalue weighted by Crippen LogP contribution is -2.14. The SMILES string of the molecule is NCCCCCCCCc1cccc(CNCCCCCCN)c1. The summed E-state index contributed by atoms with van der Waals surface area (Å²) in [5.41, 5.74) is 13.9. The summed E-state index contributed by atoms with van der Waals surface area (Å²) in [6, 6.07) is 9.08. The molecule has 0 aliphatic carbocycles. The van der Waals surface area contributed by atoms with E-state index in [1.165, 1.54) is 75.3 Å². The van der Waals surface area contributed by atoms with Gasteiger partial charge in [-0.25, -0.2) is 0 Å². The first kappa shape index (κ1) is 21.1. The van der Waals surface area contributed by atoms with Crippen molar-refractivity contribution >= 4 is 0 Å². The Bertz CT molecular complexity index is 359. The Morgan fingerprint density at radius 2 is 1.25 bits per heavy atom. The molecular weight excluding hydrogens is 294 g/mol. The zero-order chi connectivity index (χ0) is 17.3. The highest BCUT2D eigenvalue weighted by Crippen LogP contribution is 2.11. The maximum absolute atomic E-state index is 5.52. The van der Waals surface area contributed by atoms with Gasteiger partial charge in [0.2, 0.25) is 0 Å². The van der Waals surface area contributed by atoms with Gasteiger partial charge in [0.15, 0.2) is 0 Å². The molecule has 0 radical (unpaired) electrons. The third-order valence-electron chi connectivity index (χ3n) is 4.55. The maximum Gasteiger partial charge on any atom is 0.0205 e. The first-order valence-electron chi connectivity index (χ1n) is 10.1. The van der Waals surface area contributed by atoms with Gasteiger partial charge in [0.1, 0.15) is 0 Å². The predicted octanol–water partition coefficient (Wildman–Crippen LogP) is 4.14. The summed E-state index contributed by atoms with van der Waals surface area (Å²) in [7, 11) is 0. The highest BCUT2D eigenvalue weighted by Gasteiger charge is 1.98. The summed E-state index contributed by atoms with van der Waals surface area (Å²) in [6.07, 6.45) is 14.0. The Labute approximate surface area is 149 Å². The van der Waals surface area contributed by atoms with Gasteiger partial charge in [-0.2, -0.15) is 0 Å². The van der Waals surface area contributed by atoms with E-state index in [1.54, 1.807) is 0 Å². The van der Waals surface area contributed by atoms with Crippen molar-refractivity contribution in [2.24, 2.45) is 11.5 Å². The molecule has 0 aromatic heterocycles. The third kappa shape index (κ3) is 11.6. The van der Waals surface area contributed by atoms with Crippen molar-refractivity contribution in [3.05, 3.63) is 35.4 Å². The molecule has 3 heteroatoms. The minimum atomic E-state index is 0.827. The van der Waals surface area contributed by atoms with Crippen LogP contribution in [0.5, 0.6) is 0 Å². The monoisotopic (exact) mass is 333 g/mol. The van der Waals surface area contributed by atoms with Gasteiger partial charge in [-0.15, -0.1) is 0 Å². The summed E-state index contributed by atoms with van der Waals surface area (Å²) in [5.74, 6) is 0. The Morgan fingerprint density at radius 3 is 1.96 bits per heavy atom. The quantitative estimate of drug-likeness (QED) is 0.398. The van der Waals surface area contributed by atoms with Crippen LogP contribution in [0.2, 0.25) is 0 Å². The van der Waals surface area contributed by atoms with Gasteiger partial charge in [-0.05, 0) is 62.9 Å². The maximum atomic E-state index is 5.52. The Balaban J connectivity index is 2.08. The second kappa shape index (κ2) is 15.6. The van der Waals surface area contributed by atoms with E-state index >= 15 is 0 Å². The summed E-state index contributed by atoms with van der Waals surface area (Å²) >= 11 is 0. The molecule has 3 nitrogen and oxygen atoms in total. The number of hydrogen-bond donors (Lipinski definition) is 3. The number of nitrogens with two attached hydrogens (primary N) is 2. The average molecular weight is 334 g/mol. The molecule has 0 saturated heterocycles. The average Bonchev–Trinajstić information content (AvgIpc) is 2.60. The van der Waals surface area contributed by atoms with Crippen molar-refractivity contribution < 1.29 is 0 Å². The van der Waals surface area contributed by atoms with Crippen molar-refractivity contribution in [1.82, 2.24) is 5.32 Å². The number of benzene rings is 1. The highest BCUT2D eigenvalue weighted by atomic mass is 14.8. The Kier molecular flexibility index (Phi) is 13.8. The zero-order valence-electron chi connectivity index (χ0n) is 15.6. The van der Waals surface area contributed by atoms with Gasteiger partial charge in [0.25, 0.3) is 0 Å². The molecule has 138 valence electrons. The van der Waals surface area contributed by atoms with Crippen molar-refractivity contribution in [3.63, 3.8) is 0 Å². The highest BCUT2D eigenvalue weighted by molar-refractivity contribution is 5.23. The van der Waals surface area contributed by atoms with Crippen molar-refractivity contribution in [2.75, 3.05) is 19.6 Å². The van der Waals surface area contributed by atoms with Gasteiger partial charge in [-0.3, -0.25) is 0 Å². The van der Waals surface area contributed by atoms with Gasteiger partial charge < -0.3 is 16.8 Å². The van der Waals surface area contributed by atoms with E-state index in [-0.39, 0.29) is 0 Å². The predicted molar refractivity (Wildman–Crippen MR) is 106 cm³/mol. The fourth-order valence-corrected chi connectivity index (χ4v) is 3.06. The Morgan fingerprint density at radius 1 is 0.667 bits per heavy atom. The van der Waals surface area contributed by atoms with Crippen LogP contribution >= 0.6 is 0 Å². The first-order valence-corrected chi connectivity index (χ1v) is 10.1. The normalized spacial score (nSPS) is 11.1. The molecule has 1 rings (SSSR count). The Hall–Kier alpha value is -0.900. The minimum Gasteiger partial charge on any atom is -0.330 e. The smallest absolute Gasteiger partial charge is 0.0205 e. The number of nitrogens with one attached hydrogen (secondary N) is 1. The van der Waals surface area contributed by atoms with Gasteiger partial charge in [0.05, 0.1) is 0 Å². The molecule has 1 aromatic carbocycles. The van der Waals surface area contributed by atoms with E-state index in [1.807, 2.05) is 0 Å². The minimum absolute atomic E-state index is 0.827. The van der Waals surface area contributed by atoms with Crippen LogP contribution in [-0.2, 0) is 13.0 Å². The molecule has 24 heavy (non-hydrogen) atoms. The van der Waals surface area contributed by atoms with Crippen LogP contribution in [0.3, 0.4) is 0 Å². The van der Waals surface area contributed by atoms with E-state index in [2.05, 4.69) is 29.6 Å². The largest absolute Gasteiger partial charge is 0.330 e. The van der Waals surface area contributed by atoms with Crippen molar-refractivity contribution in [1.29, 1.82) is 0 Å². The van der Waals surface area contributed by atoms with Gasteiger partial charge in [0, 0.05) is 6.54 Å². The molecule has 0 heterocycles. The number of aryl methyl sites for hydroxylation is 1. The molecule has 0 bridgehead atoms. The van der Waals surface area contributed by atoms with Crippen LogP contribution in [-0.4, -0.2) is 19.6 Å². The summed E-state index contributed by atoms with van der Waals surface area (Å²) in [5, 5.41) is 3.56. The summed E-state index contributed by atoms with van der Waals surface area (Å²) in [6.45, 7) is 3.77. The number of rotatable bonds is 16. The topological polar surface area (TPSA) is 64.1 Å². The van der Waals surface area contributed by atoms with E-state index in [0.29, 0.717) is 0 Å². The summed E-state index contributed by atoms with van der Waals surface area (Å²) < 4.78 is 0. The van der Waals surface area contributed by atoms with Crippen LogP contribution in [0.1, 0.15) is 75.3 Å². The molecule has 0 aliphatic heterocycles. The molecule has 5 N–H and O–H groups in total. The number of unbranched alkanes of at least 4 members (excludes halogenated alkanes) is 8. The zero-order valence-corrected chi connectivity index (χ0v) is 15.6. The van der Waals surface area contributed by atoms with Crippen molar-refractivity contribution in [3.8, 4) is 0 Å². The molecular formula is C21H39N3. The van der Waals surface area contributed by atoms with Crippen LogP contribution in [0.4, 0.5) is 0 Å². The molecule has 0 atom stereocenters. The molecule has 0 saturated carbocycles. The summed E-state index contributed by atoms with van der Waals surface area (Å²) in [4.78, 5) is 0. The van der Waals surface area contributed by atoms with E-state index in [9.17, 15) is 0 Å². The number of hydrogen-bond acceptors (Lipinski definition) is 3. The first-order chi connectivity index (χ1) is 11.9. The van der Waals surface area contributed by atoms with Crippen LogP contribution in [0.15, 0.2) is 24.3 Å². The van der Waals surface area contributed by atoms with Gasteiger partial charge >= 0.3 is 0 Å². The van der Waals surface area contributed by atoms with E-state index < -0.39 is 0 Å². The third-order valence-corrected chi connectivity index (χ3v) is 4.55. The molecule has 0 spiro atoms. The standard InChI is InChI=1S/C21H39N3/c22-15-8-4-2-1-3-7-12-20-13-11-14-21(18-20)19-24-17-10-6-5-9-16-23/h11,13-14,18,24H,1-10,12,15-17,19,22-23H2.